The lowest BCUT2D eigenvalue weighted by molar-refractivity contribution is 0.579. The van der Waals surface area contributed by atoms with E-state index >= 15 is 0 Å². The Hall–Kier alpha value is -1.56. The fraction of sp³-hybridized carbons (Fsp3) is 0.429. The number of benzene rings is 2. The third-order valence-corrected chi connectivity index (χ3v) is 4.32. The maximum absolute atomic E-state index is 2.34. The lowest BCUT2D eigenvalue weighted by Crippen LogP contribution is -2.16. The van der Waals surface area contributed by atoms with E-state index in [2.05, 4.69) is 90.1 Å². The summed E-state index contributed by atoms with van der Waals surface area (Å²) in [5, 5.41) is 0. The third-order valence-electron chi connectivity index (χ3n) is 4.32. The summed E-state index contributed by atoms with van der Waals surface area (Å²) >= 11 is 0. The molecule has 2 rings (SSSR count). The fourth-order valence-electron chi connectivity index (χ4n) is 3.16. The van der Waals surface area contributed by atoms with Crippen molar-refractivity contribution in [2.75, 3.05) is 0 Å². The maximum Gasteiger partial charge on any atom is 0.00667 e. The van der Waals surface area contributed by atoms with Gasteiger partial charge in [-0.25, -0.2) is 0 Å². The van der Waals surface area contributed by atoms with E-state index < -0.39 is 0 Å². The average Bonchev–Trinajstić information content (AvgIpc) is 2.45. The molecule has 112 valence electrons. The molecule has 0 aliphatic heterocycles. The molecule has 2 aromatic carbocycles. The van der Waals surface area contributed by atoms with Gasteiger partial charge in [-0.1, -0.05) is 90.1 Å². The van der Waals surface area contributed by atoms with Crippen molar-refractivity contribution in [1.82, 2.24) is 0 Å². The van der Waals surface area contributed by atoms with Crippen LogP contribution in [0.2, 0.25) is 0 Å². The summed E-state index contributed by atoms with van der Waals surface area (Å²) in [5.74, 6) is 0.990. The summed E-state index contributed by atoms with van der Waals surface area (Å²) in [4.78, 5) is 0. The topological polar surface area (TPSA) is 0 Å². The fourth-order valence-corrected chi connectivity index (χ4v) is 3.16. The van der Waals surface area contributed by atoms with Crippen LogP contribution < -0.4 is 0 Å². The minimum Gasteiger partial charge on any atom is -0.0620 e. The van der Waals surface area contributed by atoms with Crippen molar-refractivity contribution in [2.24, 2.45) is 0 Å². The van der Waals surface area contributed by atoms with Crippen molar-refractivity contribution >= 4 is 0 Å². The van der Waals surface area contributed by atoms with Crippen molar-refractivity contribution in [2.45, 2.75) is 58.8 Å². The smallest absolute Gasteiger partial charge is 0.00667 e. The minimum atomic E-state index is 0.178. The summed E-state index contributed by atoms with van der Waals surface area (Å²) < 4.78 is 0. The van der Waals surface area contributed by atoms with E-state index in [9.17, 15) is 0 Å². The van der Waals surface area contributed by atoms with Crippen LogP contribution in [0.3, 0.4) is 0 Å². The second kappa shape index (κ2) is 6.05. The van der Waals surface area contributed by atoms with Gasteiger partial charge < -0.3 is 0 Å². The van der Waals surface area contributed by atoms with Crippen LogP contribution in [0.5, 0.6) is 0 Å². The molecule has 0 aromatic heterocycles. The zero-order valence-corrected chi connectivity index (χ0v) is 14.3. The molecule has 1 atom stereocenters. The number of hydrogen-bond donors (Lipinski definition) is 0. The zero-order valence-electron chi connectivity index (χ0n) is 14.3. The molecule has 0 heterocycles. The van der Waals surface area contributed by atoms with E-state index in [1.54, 1.807) is 0 Å². The zero-order chi connectivity index (χ0) is 15.6. The second-order valence-corrected chi connectivity index (χ2v) is 7.34. The molecular formula is C21H28. The van der Waals surface area contributed by atoms with Gasteiger partial charge in [0.2, 0.25) is 0 Å². The van der Waals surface area contributed by atoms with Crippen molar-refractivity contribution in [1.29, 1.82) is 0 Å². The summed E-state index contributed by atoms with van der Waals surface area (Å²) in [5.41, 5.74) is 6.02. The minimum absolute atomic E-state index is 0.178. The molecule has 0 amide bonds. The Kier molecular flexibility index (Phi) is 4.56. The molecule has 0 heteroatoms. The van der Waals surface area contributed by atoms with E-state index in [0.29, 0.717) is 11.8 Å². The lowest BCUT2D eigenvalue weighted by Gasteiger charge is -2.27. The van der Waals surface area contributed by atoms with E-state index in [0.717, 1.165) is 0 Å². The second-order valence-electron chi connectivity index (χ2n) is 7.34. The highest BCUT2D eigenvalue weighted by molar-refractivity contribution is 5.44. The van der Waals surface area contributed by atoms with Crippen molar-refractivity contribution in [3.63, 3.8) is 0 Å². The van der Waals surface area contributed by atoms with Crippen LogP contribution in [-0.2, 0) is 5.41 Å². The van der Waals surface area contributed by atoms with Gasteiger partial charge in [0, 0.05) is 5.92 Å². The van der Waals surface area contributed by atoms with Gasteiger partial charge in [0.1, 0.15) is 0 Å². The monoisotopic (exact) mass is 280 g/mol. The lowest BCUT2D eigenvalue weighted by atomic mass is 9.77. The Morgan fingerprint density at radius 1 is 0.667 bits per heavy atom. The summed E-state index contributed by atoms with van der Waals surface area (Å²) in [7, 11) is 0. The predicted molar refractivity (Wildman–Crippen MR) is 93.2 cm³/mol. The van der Waals surface area contributed by atoms with E-state index in [1.807, 2.05) is 0 Å². The van der Waals surface area contributed by atoms with E-state index in [-0.39, 0.29) is 5.41 Å². The van der Waals surface area contributed by atoms with Crippen LogP contribution in [0.1, 0.15) is 75.6 Å². The number of rotatable bonds is 3. The van der Waals surface area contributed by atoms with Crippen LogP contribution in [0.25, 0.3) is 0 Å². The first-order valence-corrected chi connectivity index (χ1v) is 8.00. The quantitative estimate of drug-likeness (QED) is 0.622. The van der Waals surface area contributed by atoms with Gasteiger partial charge in [0.15, 0.2) is 0 Å². The average molecular weight is 280 g/mol. The SMILES string of the molecule is CC(C)c1ccccc1C(C)c1ccccc1C(C)(C)C. The Balaban J connectivity index is 2.54. The number of hydrogen-bond acceptors (Lipinski definition) is 0. The van der Waals surface area contributed by atoms with E-state index in [1.165, 1.54) is 22.3 Å². The Bertz CT molecular complexity index is 599. The normalized spacial score (nSPS) is 13.5. The molecule has 0 bridgehead atoms. The first kappa shape index (κ1) is 15.8. The van der Waals surface area contributed by atoms with Gasteiger partial charge in [-0.3, -0.25) is 0 Å². The van der Waals surface area contributed by atoms with Gasteiger partial charge in [-0.15, -0.1) is 0 Å². The molecule has 1 unspecified atom stereocenters. The molecule has 0 radical (unpaired) electrons. The van der Waals surface area contributed by atoms with Gasteiger partial charge in [0.25, 0.3) is 0 Å². The highest BCUT2D eigenvalue weighted by Gasteiger charge is 2.22. The molecule has 0 spiro atoms. The standard InChI is InChI=1S/C21H28/c1-15(2)17-11-7-8-12-18(17)16(3)19-13-9-10-14-20(19)21(4,5)6/h7-16H,1-6H3. The molecule has 2 aromatic rings. The molecule has 21 heavy (non-hydrogen) atoms. The van der Waals surface area contributed by atoms with Crippen molar-refractivity contribution in [3.05, 3.63) is 70.8 Å². The maximum atomic E-state index is 2.34. The van der Waals surface area contributed by atoms with Gasteiger partial charge in [-0.2, -0.15) is 0 Å². The van der Waals surface area contributed by atoms with Crippen LogP contribution >= 0.6 is 0 Å². The highest BCUT2D eigenvalue weighted by Crippen LogP contribution is 2.36. The van der Waals surface area contributed by atoms with Crippen LogP contribution in [0.4, 0.5) is 0 Å². The Labute approximate surface area is 130 Å². The van der Waals surface area contributed by atoms with Crippen LogP contribution in [-0.4, -0.2) is 0 Å². The summed E-state index contributed by atoms with van der Waals surface area (Å²) in [6.07, 6.45) is 0. The molecular weight excluding hydrogens is 252 g/mol. The first-order valence-electron chi connectivity index (χ1n) is 8.00. The van der Waals surface area contributed by atoms with Crippen LogP contribution in [0.15, 0.2) is 48.5 Å². The van der Waals surface area contributed by atoms with Gasteiger partial charge >= 0.3 is 0 Å². The molecule has 0 saturated carbocycles. The highest BCUT2D eigenvalue weighted by atomic mass is 14.3. The molecule has 0 fully saturated rings. The molecule has 0 nitrogen and oxygen atoms in total. The first-order chi connectivity index (χ1) is 9.82. The van der Waals surface area contributed by atoms with Crippen molar-refractivity contribution in [3.8, 4) is 0 Å². The summed E-state index contributed by atoms with van der Waals surface area (Å²) in [6, 6.07) is 17.8. The Morgan fingerprint density at radius 3 is 1.67 bits per heavy atom. The third kappa shape index (κ3) is 3.37. The van der Waals surface area contributed by atoms with Crippen LogP contribution in [0, 0.1) is 0 Å². The largest absolute Gasteiger partial charge is 0.0620 e. The Morgan fingerprint density at radius 2 is 1.14 bits per heavy atom. The predicted octanol–water partition coefficient (Wildman–Crippen LogP) is 6.26. The van der Waals surface area contributed by atoms with Crippen molar-refractivity contribution < 1.29 is 0 Å². The summed E-state index contributed by atoms with van der Waals surface area (Å²) in [6.45, 7) is 13.8. The van der Waals surface area contributed by atoms with Gasteiger partial charge in [-0.05, 0) is 33.6 Å². The molecule has 0 aliphatic rings. The van der Waals surface area contributed by atoms with Gasteiger partial charge in [0.05, 0.1) is 0 Å². The van der Waals surface area contributed by atoms with E-state index in [4.69, 9.17) is 0 Å². The molecule has 0 saturated heterocycles. The molecule has 0 N–H and O–H groups in total. The molecule has 0 aliphatic carbocycles.